The van der Waals surface area contributed by atoms with E-state index in [0.29, 0.717) is 12.0 Å². The highest BCUT2D eigenvalue weighted by Gasteiger charge is 2.23. The summed E-state index contributed by atoms with van der Waals surface area (Å²) in [5.41, 5.74) is 1.19. The first-order chi connectivity index (χ1) is 9.06. The average Bonchev–Trinajstić information content (AvgIpc) is 2.84. The van der Waals surface area contributed by atoms with Crippen LogP contribution in [-0.4, -0.2) is 17.5 Å². The predicted molar refractivity (Wildman–Crippen MR) is 81.6 cm³/mol. The van der Waals surface area contributed by atoms with Crippen LogP contribution in [0.2, 0.25) is 0 Å². The molecule has 1 aliphatic rings. The molecule has 1 aromatic rings. The molecule has 0 N–H and O–H groups in total. The third kappa shape index (κ3) is 4.28. The van der Waals surface area contributed by atoms with Gasteiger partial charge in [0, 0.05) is 23.6 Å². The van der Waals surface area contributed by atoms with Crippen LogP contribution in [0.25, 0.3) is 0 Å². The summed E-state index contributed by atoms with van der Waals surface area (Å²) in [4.78, 5) is 2.58. The van der Waals surface area contributed by atoms with Gasteiger partial charge < -0.3 is 0 Å². The summed E-state index contributed by atoms with van der Waals surface area (Å²) in [6.07, 6.45) is 5.32. The lowest BCUT2D eigenvalue weighted by Crippen LogP contribution is -2.35. The first-order valence-electron chi connectivity index (χ1n) is 7.24. The summed E-state index contributed by atoms with van der Waals surface area (Å²) in [5.74, 6) is 0.492. The fourth-order valence-corrected chi connectivity index (χ4v) is 3.43. The molecule has 0 radical (unpaired) electrons. The van der Waals surface area contributed by atoms with Crippen LogP contribution in [0.1, 0.15) is 45.1 Å². The van der Waals surface area contributed by atoms with Gasteiger partial charge >= 0.3 is 0 Å². The second kappa shape index (κ2) is 6.85. The zero-order chi connectivity index (χ0) is 13.8. The molecule has 0 amide bonds. The largest absolute Gasteiger partial charge is 0.296 e. The maximum atomic E-state index is 13.2. The van der Waals surface area contributed by atoms with Crippen LogP contribution in [0.5, 0.6) is 0 Å². The van der Waals surface area contributed by atoms with Crippen molar-refractivity contribution in [3.63, 3.8) is 0 Å². The standard InChI is InChI=1S/C16H23BrFN/c1-12(2)10-19(15-5-3-4-6-15)11-13-7-8-14(18)9-16(13)17/h7-9,12,15H,3-6,10-11H2,1-2H3. The Morgan fingerprint density at radius 2 is 2.00 bits per heavy atom. The quantitative estimate of drug-likeness (QED) is 0.736. The maximum absolute atomic E-state index is 13.2. The van der Waals surface area contributed by atoms with Gasteiger partial charge in [0.15, 0.2) is 0 Å². The number of hydrogen-bond donors (Lipinski definition) is 0. The molecule has 1 aromatic carbocycles. The van der Waals surface area contributed by atoms with Crippen molar-refractivity contribution < 1.29 is 4.39 Å². The zero-order valence-corrected chi connectivity index (χ0v) is 13.4. The molecule has 1 aliphatic carbocycles. The van der Waals surface area contributed by atoms with E-state index in [1.807, 2.05) is 6.07 Å². The third-order valence-electron chi connectivity index (χ3n) is 3.83. The van der Waals surface area contributed by atoms with Crippen LogP contribution in [0, 0.1) is 11.7 Å². The molecule has 0 heterocycles. The highest BCUT2D eigenvalue weighted by atomic mass is 79.9. The van der Waals surface area contributed by atoms with Gasteiger partial charge in [0.1, 0.15) is 5.82 Å². The molecule has 0 bridgehead atoms. The monoisotopic (exact) mass is 327 g/mol. The van der Waals surface area contributed by atoms with E-state index < -0.39 is 0 Å². The molecule has 1 fully saturated rings. The second-order valence-electron chi connectivity index (χ2n) is 6.00. The van der Waals surface area contributed by atoms with Crippen molar-refractivity contribution in [3.05, 3.63) is 34.1 Å². The zero-order valence-electron chi connectivity index (χ0n) is 11.8. The molecular weight excluding hydrogens is 305 g/mol. The van der Waals surface area contributed by atoms with Crippen LogP contribution in [-0.2, 0) is 6.54 Å². The van der Waals surface area contributed by atoms with Crippen molar-refractivity contribution in [2.75, 3.05) is 6.54 Å². The van der Waals surface area contributed by atoms with Crippen LogP contribution in [0.15, 0.2) is 22.7 Å². The summed E-state index contributed by atoms with van der Waals surface area (Å²) in [7, 11) is 0. The highest BCUT2D eigenvalue weighted by molar-refractivity contribution is 9.10. The van der Waals surface area contributed by atoms with E-state index in [1.54, 1.807) is 12.1 Å². The van der Waals surface area contributed by atoms with Crippen molar-refractivity contribution in [3.8, 4) is 0 Å². The molecule has 106 valence electrons. The Balaban J connectivity index is 2.09. The molecule has 19 heavy (non-hydrogen) atoms. The Hall–Kier alpha value is -0.410. The van der Waals surface area contributed by atoms with Gasteiger partial charge in [0.05, 0.1) is 0 Å². The summed E-state index contributed by atoms with van der Waals surface area (Å²) >= 11 is 3.48. The maximum Gasteiger partial charge on any atom is 0.124 e. The Labute approximate surface area is 124 Å². The molecule has 0 aromatic heterocycles. The number of halogens is 2. The van der Waals surface area contributed by atoms with Gasteiger partial charge in [0.25, 0.3) is 0 Å². The lowest BCUT2D eigenvalue weighted by Gasteiger charge is -2.30. The first-order valence-corrected chi connectivity index (χ1v) is 8.03. The number of rotatable bonds is 5. The minimum atomic E-state index is -0.174. The molecule has 0 unspecified atom stereocenters. The Kier molecular flexibility index (Phi) is 5.40. The SMILES string of the molecule is CC(C)CN(Cc1ccc(F)cc1Br)C1CCCC1. The molecule has 2 rings (SSSR count). The molecule has 0 saturated heterocycles. The van der Waals surface area contributed by atoms with Crippen molar-refractivity contribution in [2.24, 2.45) is 5.92 Å². The minimum Gasteiger partial charge on any atom is -0.296 e. The molecule has 3 heteroatoms. The number of hydrogen-bond acceptors (Lipinski definition) is 1. The Morgan fingerprint density at radius 1 is 1.32 bits per heavy atom. The van der Waals surface area contributed by atoms with Gasteiger partial charge in [-0.05, 0) is 36.5 Å². The van der Waals surface area contributed by atoms with Crippen LogP contribution in [0.4, 0.5) is 4.39 Å². The van der Waals surface area contributed by atoms with Crippen molar-refractivity contribution in [1.29, 1.82) is 0 Å². The molecular formula is C16H23BrFN. The molecule has 0 atom stereocenters. The lowest BCUT2D eigenvalue weighted by molar-refractivity contribution is 0.168. The van der Waals surface area contributed by atoms with Crippen molar-refractivity contribution in [1.82, 2.24) is 4.90 Å². The second-order valence-corrected chi connectivity index (χ2v) is 6.85. The highest BCUT2D eigenvalue weighted by Crippen LogP contribution is 2.27. The van der Waals surface area contributed by atoms with Gasteiger partial charge in [-0.25, -0.2) is 4.39 Å². The number of benzene rings is 1. The predicted octanol–water partition coefficient (Wildman–Crippen LogP) is 4.99. The van der Waals surface area contributed by atoms with E-state index in [0.717, 1.165) is 17.6 Å². The summed E-state index contributed by atoms with van der Waals surface area (Å²) < 4.78 is 14.0. The summed E-state index contributed by atoms with van der Waals surface area (Å²) in [6, 6.07) is 5.74. The molecule has 1 saturated carbocycles. The van der Waals surface area contributed by atoms with Gasteiger partial charge in [-0.2, -0.15) is 0 Å². The van der Waals surface area contributed by atoms with E-state index in [1.165, 1.54) is 31.2 Å². The minimum absolute atomic E-state index is 0.174. The normalized spacial score (nSPS) is 16.7. The Morgan fingerprint density at radius 3 is 2.58 bits per heavy atom. The summed E-state index contributed by atoms with van der Waals surface area (Å²) in [6.45, 7) is 6.57. The van der Waals surface area contributed by atoms with Crippen molar-refractivity contribution >= 4 is 15.9 Å². The third-order valence-corrected chi connectivity index (χ3v) is 4.57. The van der Waals surface area contributed by atoms with E-state index in [9.17, 15) is 4.39 Å². The van der Waals surface area contributed by atoms with Gasteiger partial charge in [-0.15, -0.1) is 0 Å². The first kappa shape index (κ1) is 15.0. The average molecular weight is 328 g/mol. The molecule has 0 spiro atoms. The van der Waals surface area contributed by atoms with Crippen LogP contribution >= 0.6 is 15.9 Å². The number of nitrogens with zero attached hydrogens (tertiary/aromatic N) is 1. The Bertz CT molecular complexity index is 413. The summed E-state index contributed by atoms with van der Waals surface area (Å²) in [5, 5.41) is 0. The van der Waals surface area contributed by atoms with E-state index >= 15 is 0 Å². The fourth-order valence-electron chi connectivity index (χ4n) is 2.95. The van der Waals surface area contributed by atoms with E-state index in [2.05, 4.69) is 34.7 Å². The van der Waals surface area contributed by atoms with E-state index in [4.69, 9.17) is 0 Å². The smallest absolute Gasteiger partial charge is 0.124 e. The van der Waals surface area contributed by atoms with Gasteiger partial charge in [-0.1, -0.05) is 48.7 Å². The van der Waals surface area contributed by atoms with Gasteiger partial charge in [-0.3, -0.25) is 4.90 Å². The lowest BCUT2D eigenvalue weighted by atomic mass is 10.1. The van der Waals surface area contributed by atoms with E-state index in [-0.39, 0.29) is 5.82 Å². The topological polar surface area (TPSA) is 3.24 Å². The fraction of sp³-hybridized carbons (Fsp3) is 0.625. The van der Waals surface area contributed by atoms with Crippen LogP contribution in [0.3, 0.4) is 0 Å². The molecule has 1 nitrogen and oxygen atoms in total. The van der Waals surface area contributed by atoms with Gasteiger partial charge in [0.2, 0.25) is 0 Å². The van der Waals surface area contributed by atoms with Crippen LogP contribution < -0.4 is 0 Å². The van der Waals surface area contributed by atoms with Crippen molar-refractivity contribution in [2.45, 2.75) is 52.1 Å². The molecule has 0 aliphatic heterocycles.